The van der Waals surface area contributed by atoms with Gasteiger partial charge in [-0.2, -0.15) is 10.4 Å². The molecular weight excluding hydrogens is 324 g/mol. The summed E-state index contributed by atoms with van der Waals surface area (Å²) in [4.78, 5) is 0.0825. The number of aromatic nitrogens is 2. The maximum Gasteiger partial charge on any atom is 0.263 e. The highest BCUT2D eigenvalue weighted by molar-refractivity contribution is 7.92. The average molecular weight is 338 g/mol. The van der Waals surface area contributed by atoms with Crippen LogP contribution in [0, 0.1) is 11.3 Å². The van der Waals surface area contributed by atoms with Crippen LogP contribution in [0.4, 0.5) is 5.82 Å². The molecule has 0 unspecified atom stereocenters. The molecule has 1 aromatic heterocycles. The average Bonchev–Trinajstić information content (AvgIpc) is 3.02. The van der Waals surface area contributed by atoms with Crippen molar-refractivity contribution in [2.24, 2.45) is 0 Å². The van der Waals surface area contributed by atoms with Crippen LogP contribution in [0.1, 0.15) is 11.1 Å². The van der Waals surface area contributed by atoms with E-state index in [1.54, 1.807) is 16.9 Å². The number of hydrogen-bond donors (Lipinski definition) is 1. The van der Waals surface area contributed by atoms with E-state index in [4.69, 9.17) is 5.26 Å². The number of sulfonamides is 1. The molecule has 24 heavy (non-hydrogen) atoms. The van der Waals surface area contributed by atoms with Gasteiger partial charge in [0.05, 0.1) is 23.1 Å². The van der Waals surface area contributed by atoms with Crippen LogP contribution in [0.5, 0.6) is 0 Å². The standard InChI is InChI=1S/C17H14N4O2S/c18-12-14-6-8-16(9-7-14)24(22,23)20-17-10-11-21(19-17)13-15-4-2-1-3-5-15/h1-11H,13H2,(H,19,20). The van der Waals surface area contributed by atoms with Crippen LogP contribution in [0.25, 0.3) is 0 Å². The first-order valence-electron chi connectivity index (χ1n) is 7.17. The summed E-state index contributed by atoms with van der Waals surface area (Å²) in [5.74, 6) is 0.246. The van der Waals surface area contributed by atoms with Crippen molar-refractivity contribution in [2.45, 2.75) is 11.4 Å². The molecule has 0 aliphatic carbocycles. The summed E-state index contributed by atoms with van der Waals surface area (Å²) in [5, 5.41) is 13.0. The fraction of sp³-hybridized carbons (Fsp3) is 0.0588. The molecule has 3 rings (SSSR count). The van der Waals surface area contributed by atoms with Gasteiger partial charge >= 0.3 is 0 Å². The zero-order valence-corrected chi connectivity index (χ0v) is 13.4. The lowest BCUT2D eigenvalue weighted by Crippen LogP contribution is -2.13. The molecule has 0 atom stereocenters. The third kappa shape index (κ3) is 3.62. The number of benzene rings is 2. The van der Waals surface area contributed by atoms with E-state index < -0.39 is 10.0 Å². The second-order valence-corrected chi connectivity index (χ2v) is 6.81. The van der Waals surface area contributed by atoms with Crippen molar-refractivity contribution in [3.05, 3.63) is 78.0 Å². The Bertz CT molecular complexity index is 971. The van der Waals surface area contributed by atoms with E-state index in [1.807, 2.05) is 36.4 Å². The predicted molar refractivity (Wildman–Crippen MR) is 89.7 cm³/mol. The second kappa shape index (κ2) is 6.56. The molecule has 2 aromatic carbocycles. The van der Waals surface area contributed by atoms with Gasteiger partial charge in [-0.15, -0.1) is 0 Å². The summed E-state index contributed by atoms with van der Waals surface area (Å²) in [6, 6.07) is 19.0. The van der Waals surface area contributed by atoms with E-state index in [0.717, 1.165) is 5.56 Å². The zero-order valence-electron chi connectivity index (χ0n) is 12.6. The van der Waals surface area contributed by atoms with Crippen molar-refractivity contribution in [2.75, 3.05) is 4.72 Å². The lowest BCUT2D eigenvalue weighted by atomic mass is 10.2. The summed E-state index contributed by atoms with van der Waals surface area (Å²) < 4.78 is 28.7. The first-order chi connectivity index (χ1) is 11.6. The summed E-state index contributed by atoms with van der Waals surface area (Å²) in [5.41, 5.74) is 1.48. The van der Waals surface area contributed by atoms with Crippen LogP contribution in [0.15, 0.2) is 71.8 Å². The molecule has 1 heterocycles. The number of rotatable bonds is 5. The Morgan fingerprint density at radius 1 is 1.04 bits per heavy atom. The summed E-state index contributed by atoms with van der Waals surface area (Å²) in [6.45, 7) is 0.555. The summed E-state index contributed by atoms with van der Waals surface area (Å²) in [7, 11) is -3.73. The molecule has 1 N–H and O–H groups in total. The summed E-state index contributed by atoms with van der Waals surface area (Å²) >= 11 is 0. The topological polar surface area (TPSA) is 87.8 Å². The molecule has 0 radical (unpaired) electrons. The minimum atomic E-state index is -3.73. The highest BCUT2D eigenvalue weighted by Gasteiger charge is 2.15. The first kappa shape index (κ1) is 15.8. The fourth-order valence-corrected chi connectivity index (χ4v) is 3.18. The number of nitrogens with one attached hydrogen (secondary N) is 1. The maximum atomic E-state index is 12.3. The van der Waals surface area contributed by atoms with Gasteiger partial charge in [0.15, 0.2) is 5.82 Å². The number of anilines is 1. The van der Waals surface area contributed by atoms with Crippen molar-refractivity contribution in [3.8, 4) is 6.07 Å². The van der Waals surface area contributed by atoms with E-state index in [0.29, 0.717) is 12.1 Å². The Morgan fingerprint density at radius 2 is 1.75 bits per heavy atom. The minimum absolute atomic E-state index is 0.0825. The van der Waals surface area contributed by atoms with Gasteiger partial charge in [0, 0.05) is 12.3 Å². The van der Waals surface area contributed by atoms with Crippen LogP contribution < -0.4 is 4.72 Å². The Balaban J connectivity index is 1.74. The molecule has 0 aliphatic heterocycles. The van der Waals surface area contributed by atoms with E-state index in [2.05, 4.69) is 9.82 Å². The maximum absolute atomic E-state index is 12.3. The van der Waals surface area contributed by atoms with Crippen molar-refractivity contribution in [1.82, 2.24) is 9.78 Å². The highest BCUT2D eigenvalue weighted by Crippen LogP contribution is 2.15. The van der Waals surface area contributed by atoms with Gasteiger partial charge in [-0.25, -0.2) is 8.42 Å². The molecule has 0 spiro atoms. The molecular formula is C17H14N4O2S. The van der Waals surface area contributed by atoms with Crippen molar-refractivity contribution >= 4 is 15.8 Å². The Labute approximate surface area is 140 Å². The van der Waals surface area contributed by atoms with E-state index >= 15 is 0 Å². The Hall–Kier alpha value is -3.11. The largest absolute Gasteiger partial charge is 0.266 e. The fourth-order valence-electron chi connectivity index (χ4n) is 2.18. The molecule has 0 saturated heterocycles. The molecule has 120 valence electrons. The minimum Gasteiger partial charge on any atom is -0.266 e. The molecule has 0 bridgehead atoms. The Kier molecular flexibility index (Phi) is 4.31. The molecule has 0 saturated carbocycles. The number of nitriles is 1. The molecule has 0 amide bonds. The first-order valence-corrected chi connectivity index (χ1v) is 8.65. The number of nitrogens with zero attached hydrogens (tertiary/aromatic N) is 3. The molecule has 7 heteroatoms. The van der Waals surface area contributed by atoms with Gasteiger partial charge in [0.2, 0.25) is 0 Å². The quantitative estimate of drug-likeness (QED) is 0.774. The van der Waals surface area contributed by atoms with Crippen molar-refractivity contribution in [3.63, 3.8) is 0 Å². The van der Waals surface area contributed by atoms with Gasteiger partial charge in [-0.1, -0.05) is 30.3 Å². The van der Waals surface area contributed by atoms with Crippen LogP contribution in [-0.2, 0) is 16.6 Å². The zero-order chi connectivity index (χ0) is 17.0. The second-order valence-electron chi connectivity index (χ2n) is 5.13. The van der Waals surface area contributed by atoms with Gasteiger partial charge in [0.25, 0.3) is 10.0 Å². The van der Waals surface area contributed by atoms with Crippen LogP contribution >= 0.6 is 0 Å². The van der Waals surface area contributed by atoms with Gasteiger partial charge in [0.1, 0.15) is 0 Å². The van der Waals surface area contributed by atoms with E-state index in [1.165, 1.54) is 24.3 Å². The van der Waals surface area contributed by atoms with Crippen LogP contribution in [0.2, 0.25) is 0 Å². The Morgan fingerprint density at radius 3 is 2.42 bits per heavy atom. The van der Waals surface area contributed by atoms with E-state index in [9.17, 15) is 8.42 Å². The van der Waals surface area contributed by atoms with E-state index in [-0.39, 0.29) is 10.7 Å². The molecule has 0 fully saturated rings. The lowest BCUT2D eigenvalue weighted by molar-refractivity contribution is 0.600. The third-order valence-electron chi connectivity index (χ3n) is 3.36. The van der Waals surface area contributed by atoms with Gasteiger partial charge in [-0.05, 0) is 29.8 Å². The predicted octanol–water partition coefficient (Wildman–Crippen LogP) is 2.60. The lowest BCUT2D eigenvalue weighted by Gasteiger charge is -2.05. The van der Waals surface area contributed by atoms with Gasteiger partial charge < -0.3 is 0 Å². The normalized spacial score (nSPS) is 11.0. The molecule has 3 aromatic rings. The number of hydrogen-bond acceptors (Lipinski definition) is 4. The highest BCUT2D eigenvalue weighted by atomic mass is 32.2. The van der Waals surface area contributed by atoms with Crippen molar-refractivity contribution < 1.29 is 8.42 Å². The monoisotopic (exact) mass is 338 g/mol. The summed E-state index contributed by atoms with van der Waals surface area (Å²) in [6.07, 6.45) is 1.71. The van der Waals surface area contributed by atoms with Crippen LogP contribution in [0.3, 0.4) is 0 Å². The molecule has 0 aliphatic rings. The smallest absolute Gasteiger partial charge is 0.263 e. The van der Waals surface area contributed by atoms with Crippen molar-refractivity contribution in [1.29, 1.82) is 5.26 Å². The SMILES string of the molecule is N#Cc1ccc(S(=O)(=O)Nc2ccn(Cc3ccccc3)n2)cc1. The third-order valence-corrected chi connectivity index (χ3v) is 4.73. The van der Waals surface area contributed by atoms with Gasteiger partial charge in [-0.3, -0.25) is 9.40 Å². The van der Waals surface area contributed by atoms with Crippen LogP contribution in [-0.4, -0.2) is 18.2 Å². The molecule has 6 nitrogen and oxygen atoms in total.